The molecule has 0 unspecified atom stereocenters. The van der Waals surface area contributed by atoms with Crippen molar-refractivity contribution in [3.8, 4) is 18.2 Å². The van der Waals surface area contributed by atoms with Crippen LogP contribution in [0.2, 0.25) is 15.1 Å². The summed E-state index contributed by atoms with van der Waals surface area (Å²) in [6, 6.07) is 7.59. The third kappa shape index (κ3) is 3.39. The number of nitriles is 3. The summed E-state index contributed by atoms with van der Waals surface area (Å²) in [6.45, 7) is 0. The van der Waals surface area contributed by atoms with Gasteiger partial charge >= 0.3 is 0 Å². The van der Waals surface area contributed by atoms with Crippen LogP contribution < -0.4 is 5.32 Å². The molecule has 1 N–H and O–H groups in total. The average Bonchev–Trinajstić information content (AvgIpc) is 2.61. The first-order chi connectivity index (χ1) is 12.3. The summed E-state index contributed by atoms with van der Waals surface area (Å²) >= 11 is 21.5. The standard InChI is InChI=1S/C15H3BrCl3N5O2/c16-10-2-7(24(25)26)1-6(3-20)14(10)23-15-12(18)9(5-22)8(4-21)11(17)13(15)19/h1-2,23H. The van der Waals surface area contributed by atoms with Crippen LogP contribution in [0.1, 0.15) is 16.7 Å². The molecule has 0 atom stereocenters. The summed E-state index contributed by atoms with van der Waals surface area (Å²) < 4.78 is 0.189. The second kappa shape index (κ2) is 7.78. The Bertz CT molecular complexity index is 1080. The first-order valence-electron chi connectivity index (χ1n) is 6.42. The van der Waals surface area contributed by atoms with Crippen LogP contribution >= 0.6 is 50.7 Å². The van der Waals surface area contributed by atoms with E-state index in [1.165, 1.54) is 6.07 Å². The number of benzene rings is 2. The van der Waals surface area contributed by atoms with E-state index >= 15 is 0 Å². The molecule has 0 spiro atoms. The first-order valence-corrected chi connectivity index (χ1v) is 8.35. The molecule has 11 heteroatoms. The number of rotatable bonds is 3. The third-order valence-corrected chi connectivity index (χ3v) is 5.06. The summed E-state index contributed by atoms with van der Waals surface area (Å²) in [5, 5.41) is 40.8. The molecule has 0 amide bonds. The van der Waals surface area contributed by atoms with Crippen molar-refractivity contribution in [1.29, 1.82) is 15.8 Å². The van der Waals surface area contributed by atoms with Crippen LogP contribution in [0.15, 0.2) is 16.6 Å². The van der Waals surface area contributed by atoms with Gasteiger partial charge in [-0.05, 0) is 15.9 Å². The lowest BCUT2D eigenvalue weighted by Crippen LogP contribution is -2.01. The summed E-state index contributed by atoms with van der Waals surface area (Å²) in [4.78, 5) is 10.3. The van der Waals surface area contributed by atoms with E-state index in [9.17, 15) is 20.6 Å². The van der Waals surface area contributed by atoms with Crippen molar-refractivity contribution in [2.45, 2.75) is 0 Å². The van der Waals surface area contributed by atoms with Crippen LogP contribution in [0, 0.1) is 44.1 Å². The molecule has 0 aliphatic rings. The molecule has 0 saturated carbocycles. The van der Waals surface area contributed by atoms with Gasteiger partial charge in [-0.25, -0.2) is 0 Å². The third-order valence-electron chi connectivity index (χ3n) is 3.20. The largest absolute Gasteiger partial charge is 0.351 e. The van der Waals surface area contributed by atoms with Crippen molar-refractivity contribution < 1.29 is 4.92 Å². The highest BCUT2D eigenvalue weighted by Crippen LogP contribution is 2.44. The fourth-order valence-electron chi connectivity index (χ4n) is 2.02. The number of non-ortho nitro benzene ring substituents is 1. The number of hydrogen-bond donors (Lipinski definition) is 1. The zero-order valence-electron chi connectivity index (χ0n) is 12.3. The van der Waals surface area contributed by atoms with E-state index in [-0.39, 0.29) is 53.3 Å². The van der Waals surface area contributed by atoms with Gasteiger partial charge in [-0.15, -0.1) is 0 Å². The molecule has 0 bridgehead atoms. The van der Waals surface area contributed by atoms with E-state index < -0.39 is 4.92 Å². The van der Waals surface area contributed by atoms with E-state index in [4.69, 9.17) is 40.1 Å². The topological polar surface area (TPSA) is 127 Å². The van der Waals surface area contributed by atoms with E-state index in [1.807, 2.05) is 6.07 Å². The molecule has 2 aromatic rings. The van der Waals surface area contributed by atoms with Gasteiger partial charge in [0, 0.05) is 16.6 Å². The lowest BCUT2D eigenvalue weighted by Gasteiger charge is -2.16. The molecule has 128 valence electrons. The highest BCUT2D eigenvalue weighted by Gasteiger charge is 2.23. The van der Waals surface area contributed by atoms with Crippen molar-refractivity contribution in [3.63, 3.8) is 0 Å². The molecule has 2 aromatic carbocycles. The Morgan fingerprint density at radius 3 is 2.04 bits per heavy atom. The van der Waals surface area contributed by atoms with Crippen molar-refractivity contribution in [2.75, 3.05) is 5.32 Å². The Morgan fingerprint density at radius 2 is 1.54 bits per heavy atom. The molecule has 0 aliphatic heterocycles. The maximum Gasteiger partial charge on any atom is 0.272 e. The summed E-state index contributed by atoms with van der Waals surface area (Å²) in [7, 11) is 0. The molecule has 0 aliphatic carbocycles. The molecule has 7 nitrogen and oxygen atoms in total. The summed E-state index contributed by atoms with van der Waals surface area (Å²) in [5.41, 5.74) is -0.629. The van der Waals surface area contributed by atoms with Gasteiger partial charge in [-0.1, -0.05) is 34.8 Å². The monoisotopic (exact) mass is 469 g/mol. The minimum Gasteiger partial charge on any atom is -0.351 e. The number of nitrogens with zero attached hydrogens (tertiary/aromatic N) is 4. The Hall–Kier alpha value is -2.54. The number of anilines is 2. The highest BCUT2D eigenvalue weighted by atomic mass is 79.9. The maximum absolute atomic E-state index is 10.9. The Balaban J connectivity index is 2.74. The number of nitro benzene ring substituents is 1. The van der Waals surface area contributed by atoms with E-state index in [2.05, 4.69) is 21.2 Å². The zero-order chi connectivity index (χ0) is 19.6. The number of halogens is 4. The second-order valence-electron chi connectivity index (χ2n) is 4.63. The van der Waals surface area contributed by atoms with Crippen LogP contribution in [0.5, 0.6) is 0 Å². The Labute approximate surface area is 170 Å². The van der Waals surface area contributed by atoms with Crippen LogP contribution in [0.4, 0.5) is 17.1 Å². The van der Waals surface area contributed by atoms with Gasteiger partial charge in [0.15, 0.2) is 0 Å². The fraction of sp³-hybridized carbons (Fsp3) is 0. The minimum absolute atomic E-state index is 0.0139. The predicted molar refractivity (Wildman–Crippen MR) is 99.7 cm³/mol. The van der Waals surface area contributed by atoms with Gasteiger partial charge in [0.25, 0.3) is 5.69 Å². The molecule has 0 saturated heterocycles. The number of hydrogen-bond acceptors (Lipinski definition) is 6. The number of nitrogens with one attached hydrogen (secondary N) is 1. The van der Waals surface area contributed by atoms with Crippen molar-refractivity contribution in [2.24, 2.45) is 0 Å². The smallest absolute Gasteiger partial charge is 0.272 e. The Kier molecular flexibility index (Phi) is 5.92. The molecular formula is C15H3BrCl3N5O2. The van der Waals surface area contributed by atoms with Gasteiger partial charge in [0.1, 0.15) is 18.2 Å². The van der Waals surface area contributed by atoms with Crippen LogP contribution in [0.25, 0.3) is 0 Å². The Morgan fingerprint density at radius 1 is 0.962 bits per heavy atom. The van der Waals surface area contributed by atoms with Crippen molar-refractivity contribution in [1.82, 2.24) is 0 Å². The van der Waals surface area contributed by atoms with E-state index in [0.29, 0.717) is 0 Å². The molecule has 0 heterocycles. The van der Waals surface area contributed by atoms with Gasteiger partial charge in [-0.2, -0.15) is 15.8 Å². The normalized spacial score (nSPS) is 9.73. The molecule has 0 aromatic heterocycles. The molecule has 2 rings (SSSR count). The average molecular weight is 471 g/mol. The van der Waals surface area contributed by atoms with Gasteiger partial charge in [-0.3, -0.25) is 10.1 Å². The molecule has 26 heavy (non-hydrogen) atoms. The highest BCUT2D eigenvalue weighted by molar-refractivity contribution is 9.10. The summed E-state index contributed by atoms with van der Waals surface area (Å²) in [6.07, 6.45) is 0. The van der Waals surface area contributed by atoms with Gasteiger partial charge in [0.2, 0.25) is 0 Å². The SMILES string of the molecule is N#Cc1cc([N+](=O)[O-])cc(Br)c1Nc1c(Cl)c(Cl)c(C#N)c(C#N)c1Cl. The number of nitro groups is 1. The first kappa shape index (κ1) is 19.8. The van der Waals surface area contributed by atoms with Gasteiger partial charge < -0.3 is 5.32 Å². The van der Waals surface area contributed by atoms with Crippen LogP contribution in [0.3, 0.4) is 0 Å². The van der Waals surface area contributed by atoms with Crippen LogP contribution in [-0.4, -0.2) is 4.92 Å². The van der Waals surface area contributed by atoms with Crippen molar-refractivity contribution in [3.05, 3.63) is 58.5 Å². The fourth-order valence-corrected chi connectivity index (χ4v) is 3.36. The van der Waals surface area contributed by atoms with Crippen molar-refractivity contribution >= 4 is 67.8 Å². The van der Waals surface area contributed by atoms with E-state index in [0.717, 1.165) is 6.07 Å². The quantitative estimate of drug-likeness (QED) is 0.349. The van der Waals surface area contributed by atoms with E-state index in [1.54, 1.807) is 12.1 Å². The molecule has 0 fully saturated rings. The lowest BCUT2D eigenvalue weighted by molar-refractivity contribution is -0.384. The van der Waals surface area contributed by atoms with Gasteiger partial charge in [0.05, 0.1) is 48.1 Å². The predicted octanol–water partition coefficient (Wildman–Crippen LogP) is 5.68. The van der Waals surface area contributed by atoms with Crippen LogP contribution in [-0.2, 0) is 0 Å². The maximum atomic E-state index is 10.9. The molecule has 0 radical (unpaired) electrons. The molecular weight excluding hydrogens is 468 g/mol. The zero-order valence-corrected chi connectivity index (χ0v) is 16.1. The lowest BCUT2D eigenvalue weighted by atomic mass is 10.1. The second-order valence-corrected chi connectivity index (χ2v) is 6.62. The summed E-state index contributed by atoms with van der Waals surface area (Å²) in [5.74, 6) is 0. The minimum atomic E-state index is -0.651.